The predicted molar refractivity (Wildman–Crippen MR) is 111 cm³/mol. The Kier molecular flexibility index (Phi) is 11.3. The number of aliphatic imine (C=N–C) groups is 1. The first kappa shape index (κ1) is 25.5. The molecule has 0 saturated heterocycles. The summed E-state index contributed by atoms with van der Waals surface area (Å²) >= 11 is 0. The highest BCUT2D eigenvalue weighted by molar-refractivity contribution is 5.79. The first-order valence-electron chi connectivity index (χ1n) is 9.60. The van der Waals surface area contributed by atoms with E-state index in [0.717, 1.165) is 13.0 Å². The minimum absolute atomic E-state index is 0.115. The molecule has 0 aromatic heterocycles. The van der Waals surface area contributed by atoms with Crippen molar-refractivity contribution in [1.82, 2.24) is 20.9 Å². The zero-order valence-electron chi connectivity index (χ0n) is 18.7. The Hall–Kier alpha value is -1.54. The summed E-state index contributed by atoms with van der Waals surface area (Å²) in [4.78, 5) is 18.4. The largest absolute Gasteiger partial charge is 0.444 e. The van der Waals surface area contributed by atoms with Crippen molar-refractivity contribution in [1.29, 1.82) is 0 Å². The van der Waals surface area contributed by atoms with Crippen LogP contribution in [0.15, 0.2) is 4.99 Å². The molecule has 1 atom stereocenters. The summed E-state index contributed by atoms with van der Waals surface area (Å²) in [5, 5.41) is 9.41. The summed E-state index contributed by atoms with van der Waals surface area (Å²) in [5.74, 6) is 0.670. The van der Waals surface area contributed by atoms with Crippen LogP contribution in [-0.2, 0) is 9.47 Å². The maximum absolute atomic E-state index is 12.0. The minimum atomic E-state index is -0.522. The van der Waals surface area contributed by atoms with Crippen molar-refractivity contribution >= 4 is 12.1 Å². The van der Waals surface area contributed by atoms with Crippen LogP contribution in [0, 0.1) is 0 Å². The molecule has 0 bridgehead atoms. The van der Waals surface area contributed by atoms with Crippen LogP contribution in [0.5, 0.6) is 0 Å². The van der Waals surface area contributed by atoms with Gasteiger partial charge in [0, 0.05) is 33.3 Å². The Morgan fingerprint density at radius 2 is 1.78 bits per heavy atom. The number of nitrogens with zero attached hydrogens (tertiary/aromatic N) is 2. The van der Waals surface area contributed by atoms with Crippen LogP contribution in [-0.4, -0.2) is 81.6 Å². The molecule has 8 nitrogen and oxygen atoms in total. The van der Waals surface area contributed by atoms with E-state index in [-0.39, 0.29) is 6.10 Å². The van der Waals surface area contributed by atoms with Crippen molar-refractivity contribution in [3.63, 3.8) is 0 Å². The van der Waals surface area contributed by atoms with Gasteiger partial charge in [-0.2, -0.15) is 0 Å². The number of amides is 1. The predicted octanol–water partition coefficient (Wildman–Crippen LogP) is 1.81. The second kappa shape index (κ2) is 12.0. The van der Waals surface area contributed by atoms with Gasteiger partial charge >= 0.3 is 6.09 Å². The fourth-order valence-electron chi connectivity index (χ4n) is 2.24. The maximum Gasteiger partial charge on any atom is 0.408 e. The number of alkyl carbamates (subject to hydrolysis) is 1. The smallest absolute Gasteiger partial charge is 0.408 e. The Morgan fingerprint density at radius 3 is 2.26 bits per heavy atom. The molecular weight excluding hydrogens is 346 g/mol. The standard InChI is InChI=1S/C19H41N5O3/c1-10-26-15(11-12-24(8)9)13-21-16(20-7)22-14-19(5,6)23-17(25)27-18(2,3)4/h15H,10-14H2,1-9H3,(H,23,25)(H2,20,21,22). The number of carbonyl (C=O) groups is 1. The number of guanidine groups is 1. The van der Waals surface area contributed by atoms with Crippen LogP contribution in [0.1, 0.15) is 48.0 Å². The van der Waals surface area contributed by atoms with E-state index in [4.69, 9.17) is 9.47 Å². The van der Waals surface area contributed by atoms with Crippen molar-refractivity contribution in [2.75, 3.05) is 47.4 Å². The summed E-state index contributed by atoms with van der Waals surface area (Å²) in [6.07, 6.45) is 0.623. The van der Waals surface area contributed by atoms with E-state index in [0.29, 0.717) is 25.7 Å². The number of hydrogen-bond acceptors (Lipinski definition) is 5. The average Bonchev–Trinajstić information content (AvgIpc) is 2.49. The molecule has 0 aliphatic rings. The van der Waals surface area contributed by atoms with Crippen molar-refractivity contribution in [3.8, 4) is 0 Å². The van der Waals surface area contributed by atoms with Gasteiger partial charge < -0.3 is 30.3 Å². The Bertz CT molecular complexity index is 459. The fourth-order valence-corrected chi connectivity index (χ4v) is 2.24. The number of nitrogens with one attached hydrogen (secondary N) is 3. The van der Waals surface area contributed by atoms with Gasteiger partial charge in [-0.05, 0) is 62.1 Å². The Labute approximate surface area is 165 Å². The van der Waals surface area contributed by atoms with E-state index < -0.39 is 17.2 Å². The molecule has 27 heavy (non-hydrogen) atoms. The lowest BCUT2D eigenvalue weighted by Gasteiger charge is -2.29. The van der Waals surface area contributed by atoms with Gasteiger partial charge in [0.25, 0.3) is 0 Å². The van der Waals surface area contributed by atoms with E-state index in [1.165, 1.54) is 0 Å². The molecule has 160 valence electrons. The third-order valence-electron chi connectivity index (χ3n) is 3.56. The number of hydrogen-bond donors (Lipinski definition) is 3. The third-order valence-corrected chi connectivity index (χ3v) is 3.56. The van der Waals surface area contributed by atoms with Crippen molar-refractivity contribution in [2.45, 2.75) is 65.2 Å². The van der Waals surface area contributed by atoms with E-state index in [1.807, 2.05) is 41.5 Å². The van der Waals surface area contributed by atoms with E-state index in [9.17, 15) is 4.79 Å². The average molecular weight is 388 g/mol. The van der Waals surface area contributed by atoms with Gasteiger partial charge in [-0.15, -0.1) is 0 Å². The molecule has 0 spiro atoms. The summed E-state index contributed by atoms with van der Waals surface area (Å²) in [5.41, 5.74) is -1.02. The van der Waals surface area contributed by atoms with Crippen LogP contribution < -0.4 is 16.0 Å². The number of carbonyl (C=O) groups excluding carboxylic acids is 1. The SMILES string of the molecule is CCOC(CCN(C)C)CNC(=NC)NCC(C)(C)NC(=O)OC(C)(C)C. The Morgan fingerprint density at radius 1 is 1.15 bits per heavy atom. The van der Waals surface area contributed by atoms with Crippen molar-refractivity contribution in [3.05, 3.63) is 0 Å². The molecule has 0 aromatic carbocycles. The summed E-state index contributed by atoms with van der Waals surface area (Å²) in [7, 11) is 5.83. The van der Waals surface area contributed by atoms with E-state index in [1.54, 1.807) is 7.05 Å². The molecule has 0 heterocycles. The van der Waals surface area contributed by atoms with Gasteiger partial charge in [-0.25, -0.2) is 4.79 Å². The highest BCUT2D eigenvalue weighted by atomic mass is 16.6. The molecule has 0 fully saturated rings. The van der Waals surface area contributed by atoms with Gasteiger partial charge in [0.1, 0.15) is 5.60 Å². The van der Waals surface area contributed by atoms with Gasteiger partial charge in [-0.3, -0.25) is 4.99 Å². The minimum Gasteiger partial charge on any atom is -0.444 e. The van der Waals surface area contributed by atoms with Gasteiger partial charge in [0.15, 0.2) is 5.96 Å². The van der Waals surface area contributed by atoms with Crippen molar-refractivity contribution < 1.29 is 14.3 Å². The van der Waals surface area contributed by atoms with Gasteiger partial charge in [0.05, 0.1) is 11.6 Å². The van der Waals surface area contributed by atoms with Crippen LogP contribution in [0.2, 0.25) is 0 Å². The zero-order valence-corrected chi connectivity index (χ0v) is 18.7. The molecule has 1 unspecified atom stereocenters. The molecule has 0 saturated carbocycles. The van der Waals surface area contributed by atoms with E-state index in [2.05, 4.69) is 39.9 Å². The maximum atomic E-state index is 12.0. The molecular formula is C19H41N5O3. The Balaban J connectivity index is 4.47. The normalized spacial score (nSPS) is 14.1. The first-order valence-corrected chi connectivity index (χ1v) is 9.60. The van der Waals surface area contributed by atoms with Crippen LogP contribution in [0.4, 0.5) is 4.79 Å². The molecule has 0 rings (SSSR count). The molecule has 8 heteroatoms. The van der Waals surface area contributed by atoms with Crippen LogP contribution in [0.25, 0.3) is 0 Å². The highest BCUT2D eigenvalue weighted by Crippen LogP contribution is 2.09. The second-order valence-corrected chi connectivity index (χ2v) is 8.49. The molecule has 0 radical (unpaired) electrons. The van der Waals surface area contributed by atoms with Crippen LogP contribution >= 0.6 is 0 Å². The third kappa shape index (κ3) is 14.2. The number of rotatable bonds is 10. The first-order chi connectivity index (χ1) is 12.4. The molecule has 0 aliphatic carbocycles. The zero-order chi connectivity index (χ0) is 21.1. The lowest BCUT2D eigenvalue weighted by Crippen LogP contribution is -2.54. The topological polar surface area (TPSA) is 87.2 Å². The second-order valence-electron chi connectivity index (χ2n) is 8.49. The summed E-state index contributed by atoms with van der Waals surface area (Å²) in [6.45, 7) is 14.2. The van der Waals surface area contributed by atoms with Gasteiger partial charge in [0.2, 0.25) is 0 Å². The fraction of sp³-hybridized carbons (Fsp3) is 0.895. The molecule has 1 amide bonds. The monoisotopic (exact) mass is 387 g/mol. The summed E-state index contributed by atoms with van der Waals surface area (Å²) < 4.78 is 11.1. The highest BCUT2D eigenvalue weighted by Gasteiger charge is 2.24. The summed E-state index contributed by atoms with van der Waals surface area (Å²) in [6, 6.07) is 0. The quantitative estimate of drug-likeness (QED) is 0.391. The van der Waals surface area contributed by atoms with Crippen LogP contribution in [0.3, 0.4) is 0 Å². The van der Waals surface area contributed by atoms with Gasteiger partial charge in [-0.1, -0.05) is 0 Å². The molecule has 3 N–H and O–H groups in total. The number of ether oxygens (including phenoxy) is 2. The molecule has 0 aromatic rings. The molecule has 0 aliphatic heterocycles. The van der Waals surface area contributed by atoms with E-state index >= 15 is 0 Å². The van der Waals surface area contributed by atoms with Crippen molar-refractivity contribution in [2.24, 2.45) is 4.99 Å². The lowest BCUT2D eigenvalue weighted by atomic mass is 10.1. The lowest BCUT2D eigenvalue weighted by molar-refractivity contribution is 0.0474.